The van der Waals surface area contributed by atoms with Crippen molar-refractivity contribution in [3.8, 4) is 17.1 Å². The Labute approximate surface area is 168 Å². The Bertz CT molecular complexity index is 1090. The van der Waals surface area contributed by atoms with Gasteiger partial charge in [0.15, 0.2) is 0 Å². The highest BCUT2D eigenvalue weighted by atomic mass is 19.4. The predicted octanol–water partition coefficient (Wildman–Crippen LogP) is 4.70. The minimum Gasteiger partial charge on any atom is -0.477 e. The molecule has 3 rings (SSSR count). The first-order valence-corrected chi connectivity index (χ1v) is 8.49. The van der Waals surface area contributed by atoms with E-state index < -0.39 is 29.7 Å². The normalized spacial score (nSPS) is 11.8. The number of hydrogen-bond donors (Lipinski definition) is 2. The van der Waals surface area contributed by atoms with Gasteiger partial charge in [0, 0.05) is 11.6 Å². The van der Waals surface area contributed by atoms with Crippen LogP contribution in [0.3, 0.4) is 0 Å². The molecule has 6 nitrogen and oxygen atoms in total. The highest BCUT2D eigenvalue weighted by molar-refractivity contribution is 6.02. The molecule has 9 heteroatoms. The zero-order valence-electron chi connectivity index (χ0n) is 15.1. The summed E-state index contributed by atoms with van der Waals surface area (Å²) < 4.78 is 47.2. The third kappa shape index (κ3) is 5.28. The summed E-state index contributed by atoms with van der Waals surface area (Å²) in [6.45, 7) is 0. The summed E-state index contributed by atoms with van der Waals surface area (Å²) in [6, 6.07) is 16.1. The van der Waals surface area contributed by atoms with E-state index >= 15 is 0 Å². The van der Waals surface area contributed by atoms with E-state index in [4.69, 9.17) is 4.42 Å². The van der Waals surface area contributed by atoms with Gasteiger partial charge in [-0.2, -0.15) is 0 Å². The van der Waals surface area contributed by atoms with Gasteiger partial charge in [0.25, 0.3) is 5.91 Å². The average molecular weight is 417 g/mol. The number of furan rings is 1. The number of ether oxygens (including phenoxy) is 1. The lowest BCUT2D eigenvalue weighted by Crippen LogP contribution is -2.27. The van der Waals surface area contributed by atoms with Crippen molar-refractivity contribution in [1.82, 2.24) is 5.32 Å². The fourth-order valence-electron chi connectivity index (χ4n) is 2.54. The van der Waals surface area contributed by atoms with Crippen molar-refractivity contribution in [3.05, 3.63) is 83.8 Å². The number of carboxylic acid groups (broad SMARTS) is 1. The highest BCUT2D eigenvalue weighted by Crippen LogP contribution is 2.34. The van der Waals surface area contributed by atoms with Crippen LogP contribution in [0.1, 0.15) is 16.1 Å². The fraction of sp³-hybridized carbons (Fsp3) is 0.0476. The van der Waals surface area contributed by atoms with Crippen LogP contribution in [0.2, 0.25) is 0 Å². The van der Waals surface area contributed by atoms with Crippen LogP contribution in [-0.2, 0) is 4.79 Å². The molecule has 0 aliphatic heterocycles. The molecule has 2 N–H and O–H groups in total. The lowest BCUT2D eigenvalue weighted by molar-refractivity contribution is -0.274. The topological polar surface area (TPSA) is 88.8 Å². The summed E-state index contributed by atoms with van der Waals surface area (Å²) in [7, 11) is 0. The summed E-state index contributed by atoms with van der Waals surface area (Å²) in [5.41, 5.74) is -0.188. The van der Waals surface area contributed by atoms with Gasteiger partial charge in [-0.15, -0.1) is 13.2 Å². The molecule has 0 unspecified atom stereocenters. The van der Waals surface area contributed by atoms with Gasteiger partial charge in [0.05, 0.1) is 5.56 Å². The zero-order chi connectivity index (χ0) is 21.7. The molecule has 0 fully saturated rings. The van der Waals surface area contributed by atoms with E-state index in [0.717, 1.165) is 12.1 Å². The number of rotatable bonds is 6. The van der Waals surface area contributed by atoms with E-state index in [2.05, 4.69) is 10.1 Å². The molecule has 30 heavy (non-hydrogen) atoms. The molecule has 0 saturated heterocycles. The second-order valence-corrected chi connectivity index (χ2v) is 5.93. The second-order valence-electron chi connectivity index (χ2n) is 5.93. The molecule has 0 bridgehead atoms. The number of amides is 1. The molecular formula is C21H14F3NO5. The van der Waals surface area contributed by atoms with E-state index in [-0.39, 0.29) is 22.6 Å². The van der Waals surface area contributed by atoms with Crippen LogP contribution in [0.5, 0.6) is 5.75 Å². The van der Waals surface area contributed by atoms with Gasteiger partial charge in [-0.25, -0.2) is 4.79 Å². The molecule has 0 aliphatic rings. The number of benzene rings is 2. The lowest BCUT2D eigenvalue weighted by Gasteiger charge is -2.11. The van der Waals surface area contributed by atoms with Crippen LogP contribution >= 0.6 is 0 Å². The number of nitrogens with one attached hydrogen (secondary N) is 1. The lowest BCUT2D eigenvalue weighted by atomic mass is 10.1. The standard InChI is InChI=1S/C21H14F3NO5/c22-21(23,24)30-18-9-5-4-8-15(18)17-11-10-14(29-17)12-16(20(27)28)25-19(26)13-6-2-1-3-7-13/h1-12H,(H,25,26)(H,27,28)/b16-12+. The van der Waals surface area contributed by atoms with Crippen molar-refractivity contribution in [1.29, 1.82) is 0 Å². The third-order valence-electron chi connectivity index (χ3n) is 3.81. The maximum Gasteiger partial charge on any atom is 0.573 e. The highest BCUT2D eigenvalue weighted by Gasteiger charge is 2.32. The molecule has 1 heterocycles. The predicted molar refractivity (Wildman–Crippen MR) is 100 cm³/mol. The Kier molecular flexibility index (Phi) is 5.91. The van der Waals surface area contributed by atoms with Crippen molar-refractivity contribution < 1.29 is 37.0 Å². The molecule has 1 amide bonds. The van der Waals surface area contributed by atoms with Crippen LogP contribution in [0.4, 0.5) is 13.2 Å². The van der Waals surface area contributed by atoms with Crippen molar-refractivity contribution in [2.45, 2.75) is 6.36 Å². The van der Waals surface area contributed by atoms with Crippen LogP contribution in [0.15, 0.2) is 76.8 Å². The van der Waals surface area contributed by atoms with Crippen molar-refractivity contribution in [2.24, 2.45) is 0 Å². The first kappa shape index (κ1) is 20.7. The number of para-hydroxylation sites is 1. The van der Waals surface area contributed by atoms with E-state index in [1.807, 2.05) is 0 Å². The minimum atomic E-state index is -4.89. The number of aliphatic carboxylic acids is 1. The van der Waals surface area contributed by atoms with Crippen molar-refractivity contribution in [3.63, 3.8) is 0 Å². The van der Waals surface area contributed by atoms with Gasteiger partial charge in [-0.1, -0.05) is 30.3 Å². The number of carboxylic acids is 1. The zero-order valence-corrected chi connectivity index (χ0v) is 15.1. The summed E-state index contributed by atoms with van der Waals surface area (Å²) in [4.78, 5) is 23.7. The first-order valence-electron chi connectivity index (χ1n) is 8.49. The number of alkyl halides is 3. The van der Waals surface area contributed by atoms with Gasteiger partial charge in [-0.05, 0) is 36.4 Å². The molecular weight excluding hydrogens is 403 g/mol. The summed E-state index contributed by atoms with van der Waals surface area (Å²) in [5, 5.41) is 11.6. The van der Waals surface area contributed by atoms with Gasteiger partial charge >= 0.3 is 12.3 Å². The summed E-state index contributed by atoms with van der Waals surface area (Å²) in [6.07, 6.45) is -3.83. The van der Waals surface area contributed by atoms with Crippen molar-refractivity contribution in [2.75, 3.05) is 0 Å². The fourth-order valence-corrected chi connectivity index (χ4v) is 2.54. The van der Waals surface area contributed by atoms with E-state index in [1.54, 1.807) is 18.2 Å². The quantitative estimate of drug-likeness (QED) is 0.568. The molecule has 0 spiro atoms. The Balaban J connectivity index is 1.87. The Morgan fingerprint density at radius 3 is 2.30 bits per heavy atom. The SMILES string of the molecule is O=C(O)/C(=C\c1ccc(-c2ccccc2OC(F)(F)F)o1)NC(=O)c1ccccc1. The molecule has 3 aromatic rings. The third-order valence-corrected chi connectivity index (χ3v) is 3.81. The second kappa shape index (κ2) is 8.56. The average Bonchev–Trinajstić information content (AvgIpc) is 3.15. The van der Waals surface area contributed by atoms with Gasteiger partial charge in [0.1, 0.15) is 23.0 Å². The summed E-state index contributed by atoms with van der Waals surface area (Å²) >= 11 is 0. The van der Waals surface area contributed by atoms with Crippen LogP contribution < -0.4 is 10.1 Å². The number of hydrogen-bond acceptors (Lipinski definition) is 4. The van der Waals surface area contributed by atoms with Gasteiger partial charge in [0.2, 0.25) is 0 Å². The van der Waals surface area contributed by atoms with Crippen LogP contribution in [0, 0.1) is 0 Å². The molecule has 0 saturated carbocycles. The molecule has 0 atom stereocenters. The van der Waals surface area contributed by atoms with Crippen molar-refractivity contribution >= 4 is 18.0 Å². The van der Waals surface area contributed by atoms with E-state index in [9.17, 15) is 27.9 Å². The summed E-state index contributed by atoms with van der Waals surface area (Å²) in [5.74, 6) is -2.48. The van der Waals surface area contributed by atoms with E-state index in [1.165, 1.54) is 42.5 Å². The molecule has 0 radical (unpaired) electrons. The van der Waals surface area contributed by atoms with Gasteiger partial charge in [-0.3, -0.25) is 4.79 Å². The number of carbonyl (C=O) groups is 2. The maximum atomic E-state index is 12.6. The first-order chi connectivity index (χ1) is 14.2. The van der Waals surface area contributed by atoms with Crippen LogP contribution in [0.25, 0.3) is 17.4 Å². The molecule has 2 aromatic carbocycles. The Morgan fingerprint density at radius 1 is 0.967 bits per heavy atom. The monoisotopic (exact) mass is 417 g/mol. The van der Waals surface area contributed by atoms with Gasteiger partial charge < -0.3 is 19.6 Å². The minimum absolute atomic E-state index is 0.0116. The smallest absolute Gasteiger partial charge is 0.477 e. The Morgan fingerprint density at radius 2 is 1.63 bits per heavy atom. The van der Waals surface area contributed by atoms with E-state index in [0.29, 0.717) is 0 Å². The molecule has 1 aromatic heterocycles. The van der Waals surface area contributed by atoms with Crippen LogP contribution in [-0.4, -0.2) is 23.3 Å². The molecule has 0 aliphatic carbocycles. The largest absolute Gasteiger partial charge is 0.573 e. The Hall–Kier alpha value is -4.01. The maximum absolute atomic E-state index is 12.6. The molecule has 154 valence electrons. The number of halogens is 3. The number of carbonyl (C=O) groups excluding carboxylic acids is 1.